The Morgan fingerprint density at radius 1 is 1.04 bits per heavy atom. The van der Waals surface area contributed by atoms with Gasteiger partial charge in [-0.05, 0) is 24.3 Å². The monoisotopic (exact) mass is 389 g/mol. The largest absolute Gasteiger partial charge is 0.353 e. The highest BCUT2D eigenvalue weighted by molar-refractivity contribution is 7.90. The summed E-state index contributed by atoms with van der Waals surface area (Å²) in [6.45, 7) is 3.58. The third kappa shape index (κ3) is 5.73. The molecule has 1 aromatic heterocycles. The van der Waals surface area contributed by atoms with Crippen molar-refractivity contribution in [3.8, 4) is 0 Å². The summed E-state index contributed by atoms with van der Waals surface area (Å²) in [5.41, 5.74) is 0.966. The number of benzene rings is 1. The third-order valence-electron chi connectivity index (χ3n) is 4.39. The van der Waals surface area contributed by atoms with Crippen LogP contribution in [0.15, 0.2) is 42.5 Å². The van der Waals surface area contributed by atoms with Crippen molar-refractivity contribution in [3.05, 3.63) is 48.2 Å². The Labute approximate surface area is 159 Å². The Morgan fingerprint density at radius 2 is 1.74 bits per heavy atom. The SMILES string of the molecule is CS(=O)(=O)CCN1CCN(c2ccc(C(=O)Nc3ccccc3)nn2)CC1. The minimum absolute atomic E-state index is 0.179. The Morgan fingerprint density at radius 3 is 2.33 bits per heavy atom. The van der Waals surface area contributed by atoms with Crippen LogP contribution in [0.1, 0.15) is 10.5 Å². The van der Waals surface area contributed by atoms with Crippen LogP contribution in [0.25, 0.3) is 0 Å². The van der Waals surface area contributed by atoms with Gasteiger partial charge >= 0.3 is 0 Å². The molecule has 0 atom stereocenters. The fourth-order valence-corrected chi connectivity index (χ4v) is 3.42. The second-order valence-corrected chi connectivity index (χ2v) is 8.82. The van der Waals surface area contributed by atoms with Gasteiger partial charge in [0.2, 0.25) is 0 Å². The van der Waals surface area contributed by atoms with Crippen LogP contribution >= 0.6 is 0 Å². The number of hydrogen-bond acceptors (Lipinski definition) is 7. The van der Waals surface area contributed by atoms with E-state index in [0.717, 1.165) is 26.2 Å². The van der Waals surface area contributed by atoms with Crippen LogP contribution in [-0.2, 0) is 9.84 Å². The lowest BCUT2D eigenvalue weighted by molar-refractivity contribution is 0.102. The number of hydrogen-bond donors (Lipinski definition) is 1. The molecule has 144 valence electrons. The highest BCUT2D eigenvalue weighted by atomic mass is 32.2. The summed E-state index contributed by atoms with van der Waals surface area (Å²) in [6.07, 6.45) is 1.26. The van der Waals surface area contributed by atoms with Crippen LogP contribution in [0, 0.1) is 0 Å². The number of amides is 1. The molecule has 2 heterocycles. The van der Waals surface area contributed by atoms with Crippen molar-refractivity contribution in [3.63, 3.8) is 0 Å². The standard InChI is InChI=1S/C18H23N5O3S/c1-27(25,26)14-13-22-9-11-23(12-10-22)17-8-7-16(20-21-17)18(24)19-15-5-3-2-4-6-15/h2-8H,9-14H2,1H3,(H,19,24). The van der Waals surface area contributed by atoms with Gasteiger partial charge in [-0.25, -0.2) is 8.42 Å². The molecule has 3 rings (SSSR count). The van der Waals surface area contributed by atoms with Crippen molar-refractivity contribution >= 4 is 27.2 Å². The van der Waals surface area contributed by atoms with Crippen molar-refractivity contribution in [2.24, 2.45) is 0 Å². The lowest BCUT2D eigenvalue weighted by Crippen LogP contribution is -2.48. The highest BCUT2D eigenvalue weighted by Crippen LogP contribution is 2.14. The average Bonchev–Trinajstić information content (AvgIpc) is 2.67. The molecule has 0 bridgehead atoms. The van der Waals surface area contributed by atoms with E-state index in [-0.39, 0.29) is 17.4 Å². The van der Waals surface area contributed by atoms with Gasteiger partial charge < -0.3 is 10.2 Å². The summed E-state index contributed by atoms with van der Waals surface area (Å²) in [5, 5.41) is 11.0. The molecule has 0 unspecified atom stereocenters. The number of carbonyl (C=O) groups excluding carboxylic acids is 1. The first-order valence-electron chi connectivity index (χ1n) is 8.76. The molecule has 1 amide bonds. The molecule has 0 spiro atoms. The van der Waals surface area contributed by atoms with E-state index in [1.165, 1.54) is 6.26 Å². The van der Waals surface area contributed by atoms with Gasteiger partial charge in [-0.3, -0.25) is 9.69 Å². The zero-order chi connectivity index (χ0) is 19.3. The minimum atomic E-state index is -2.94. The van der Waals surface area contributed by atoms with Crippen molar-refractivity contribution in [1.82, 2.24) is 15.1 Å². The van der Waals surface area contributed by atoms with Gasteiger partial charge in [0.1, 0.15) is 9.84 Å². The van der Waals surface area contributed by atoms with E-state index in [2.05, 4.69) is 25.3 Å². The highest BCUT2D eigenvalue weighted by Gasteiger charge is 2.19. The number of aromatic nitrogens is 2. The first-order valence-corrected chi connectivity index (χ1v) is 10.8. The summed E-state index contributed by atoms with van der Waals surface area (Å²) >= 11 is 0. The first kappa shape index (κ1) is 19.2. The van der Waals surface area contributed by atoms with Crippen LogP contribution in [0.3, 0.4) is 0 Å². The molecule has 1 aliphatic rings. The maximum absolute atomic E-state index is 12.2. The second kappa shape index (κ2) is 8.45. The van der Waals surface area contributed by atoms with Gasteiger partial charge in [0.05, 0.1) is 5.75 Å². The van der Waals surface area contributed by atoms with Crippen LogP contribution in [0.2, 0.25) is 0 Å². The number of anilines is 2. The maximum Gasteiger partial charge on any atom is 0.276 e. The number of piperazine rings is 1. The van der Waals surface area contributed by atoms with Crippen LogP contribution in [-0.4, -0.2) is 74.2 Å². The molecule has 9 heteroatoms. The van der Waals surface area contributed by atoms with Gasteiger partial charge in [-0.2, -0.15) is 0 Å². The molecular formula is C18H23N5O3S. The summed E-state index contributed by atoms with van der Waals surface area (Å²) < 4.78 is 22.5. The van der Waals surface area contributed by atoms with Gasteiger partial charge in [-0.15, -0.1) is 10.2 Å². The third-order valence-corrected chi connectivity index (χ3v) is 5.31. The number of nitrogens with zero attached hydrogens (tertiary/aromatic N) is 4. The number of para-hydroxylation sites is 1. The van der Waals surface area contributed by atoms with E-state index in [0.29, 0.717) is 18.1 Å². The average molecular weight is 389 g/mol. The normalized spacial score (nSPS) is 15.5. The fourth-order valence-electron chi connectivity index (χ4n) is 2.83. The van der Waals surface area contributed by atoms with E-state index in [1.54, 1.807) is 12.1 Å². The van der Waals surface area contributed by atoms with E-state index < -0.39 is 9.84 Å². The molecule has 1 N–H and O–H groups in total. The molecule has 8 nitrogen and oxygen atoms in total. The Hall–Kier alpha value is -2.52. The minimum Gasteiger partial charge on any atom is -0.353 e. The molecule has 0 saturated carbocycles. The van der Waals surface area contributed by atoms with Crippen molar-refractivity contribution < 1.29 is 13.2 Å². The molecule has 1 fully saturated rings. The topological polar surface area (TPSA) is 95.5 Å². The van der Waals surface area contributed by atoms with Crippen molar-refractivity contribution in [2.45, 2.75) is 0 Å². The molecule has 1 saturated heterocycles. The number of rotatable bonds is 6. The van der Waals surface area contributed by atoms with Crippen molar-refractivity contribution in [2.75, 3.05) is 54.9 Å². The zero-order valence-electron chi connectivity index (χ0n) is 15.2. The van der Waals surface area contributed by atoms with Crippen LogP contribution < -0.4 is 10.2 Å². The number of carbonyl (C=O) groups is 1. The molecule has 1 aromatic carbocycles. The molecule has 27 heavy (non-hydrogen) atoms. The molecule has 0 aliphatic carbocycles. The summed E-state index contributed by atoms with van der Waals surface area (Å²) in [6, 6.07) is 12.6. The van der Waals surface area contributed by atoms with Gasteiger partial charge in [0, 0.05) is 44.7 Å². The quantitative estimate of drug-likeness (QED) is 0.784. The molecule has 0 radical (unpaired) electrons. The Bertz CT molecular complexity index is 864. The maximum atomic E-state index is 12.2. The second-order valence-electron chi connectivity index (χ2n) is 6.56. The Kier molecular flexibility index (Phi) is 6.02. The Balaban J connectivity index is 1.53. The predicted octanol–water partition coefficient (Wildman–Crippen LogP) is 0.895. The van der Waals surface area contributed by atoms with E-state index >= 15 is 0 Å². The number of nitrogens with one attached hydrogen (secondary N) is 1. The van der Waals surface area contributed by atoms with Crippen LogP contribution in [0.5, 0.6) is 0 Å². The first-order chi connectivity index (χ1) is 12.9. The predicted molar refractivity (Wildman–Crippen MR) is 105 cm³/mol. The zero-order valence-corrected chi connectivity index (χ0v) is 16.0. The van der Waals surface area contributed by atoms with Gasteiger partial charge in [-0.1, -0.05) is 18.2 Å². The molecular weight excluding hydrogens is 366 g/mol. The molecule has 1 aliphatic heterocycles. The summed E-state index contributed by atoms with van der Waals surface area (Å²) in [5.74, 6) is 0.595. The summed E-state index contributed by atoms with van der Waals surface area (Å²) in [7, 11) is -2.94. The molecule has 2 aromatic rings. The van der Waals surface area contributed by atoms with Crippen LogP contribution in [0.4, 0.5) is 11.5 Å². The fraction of sp³-hybridized carbons (Fsp3) is 0.389. The van der Waals surface area contributed by atoms with E-state index in [9.17, 15) is 13.2 Å². The van der Waals surface area contributed by atoms with E-state index in [1.807, 2.05) is 30.3 Å². The van der Waals surface area contributed by atoms with Crippen molar-refractivity contribution in [1.29, 1.82) is 0 Å². The van der Waals surface area contributed by atoms with E-state index in [4.69, 9.17) is 0 Å². The lowest BCUT2D eigenvalue weighted by Gasteiger charge is -2.34. The lowest BCUT2D eigenvalue weighted by atomic mass is 10.3. The van der Waals surface area contributed by atoms with Gasteiger partial charge in [0.25, 0.3) is 5.91 Å². The smallest absolute Gasteiger partial charge is 0.276 e. The number of sulfone groups is 1. The summed E-state index contributed by atoms with van der Waals surface area (Å²) in [4.78, 5) is 16.4. The van der Waals surface area contributed by atoms with Gasteiger partial charge in [0.15, 0.2) is 11.5 Å².